The van der Waals surface area contributed by atoms with Crippen molar-refractivity contribution in [1.82, 2.24) is 25.3 Å². The second kappa shape index (κ2) is 7.50. The monoisotopic (exact) mass is 391 g/mol. The molecule has 0 aromatic carbocycles. The fourth-order valence-electron chi connectivity index (χ4n) is 3.69. The quantitative estimate of drug-likeness (QED) is 0.718. The van der Waals surface area contributed by atoms with Crippen LogP contribution < -0.4 is 15.1 Å². The molecule has 0 radical (unpaired) electrons. The van der Waals surface area contributed by atoms with Crippen molar-refractivity contribution in [3.8, 4) is 22.7 Å². The third-order valence-electron chi connectivity index (χ3n) is 5.16. The number of hydrogen-bond acceptors (Lipinski definition) is 8. The maximum Gasteiger partial charge on any atom is 0.239 e. The molecule has 148 valence electrons. The molecule has 0 atom stereocenters. The Labute approximate surface area is 167 Å². The molecule has 2 aliphatic rings. The average molecular weight is 391 g/mol. The lowest BCUT2D eigenvalue weighted by molar-refractivity contribution is -0.120. The molecule has 2 saturated heterocycles. The van der Waals surface area contributed by atoms with Crippen LogP contribution in [0.1, 0.15) is 12.8 Å². The number of anilines is 2. The van der Waals surface area contributed by atoms with Crippen LogP contribution in [0.25, 0.3) is 22.7 Å². The zero-order chi connectivity index (χ0) is 19.6. The summed E-state index contributed by atoms with van der Waals surface area (Å²) < 4.78 is 5.63. The molecule has 9 heteroatoms. The Hall–Kier alpha value is -3.49. The normalized spacial score (nSPS) is 16.9. The van der Waals surface area contributed by atoms with E-state index in [4.69, 9.17) is 14.4 Å². The first-order chi connectivity index (χ1) is 14.3. The number of aromatic nitrogens is 4. The SMILES string of the molecule is O=C1CN(c2ncc(-c3ccnc(N4CCCC4)n3)c(-c3ccco3)n2)CCN1. The molecule has 0 spiro atoms. The third kappa shape index (κ3) is 3.51. The molecule has 5 rings (SSSR count). The van der Waals surface area contributed by atoms with Gasteiger partial charge in [-0.05, 0) is 31.0 Å². The second-order valence-corrected chi connectivity index (χ2v) is 7.12. The van der Waals surface area contributed by atoms with E-state index in [1.54, 1.807) is 18.7 Å². The van der Waals surface area contributed by atoms with Gasteiger partial charge in [0.1, 0.15) is 5.69 Å². The first kappa shape index (κ1) is 17.6. The third-order valence-corrected chi connectivity index (χ3v) is 5.16. The maximum atomic E-state index is 11.8. The van der Waals surface area contributed by atoms with Gasteiger partial charge in [-0.25, -0.2) is 19.9 Å². The highest BCUT2D eigenvalue weighted by atomic mass is 16.3. The van der Waals surface area contributed by atoms with Gasteiger partial charge >= 0.3 is 0 Å². The molecule has 0 aliphatic carbocycles. The fraction of sp³-hybridized carbons (Fsp3) is 0.350. The van der Waals surface area contributed by atoms with Crippen molar-refractivity contribution in [2.24, 2.45) is 0 Å². The van der Waals surface area contributed by atoms with Crippen LogP contribution in [0.3, 0.4) is 0 Å². The molecule has 0 bridgehead atoms. The lowest BCUT2D eigenvalue weighted by Gasteiger charge is -2.27. The molecule has 2 fully saturated rings. The standard InChI is InChI=1S/C20H21N7O2/c28-17-13-27(10-7-21-17)20-23-12-14(18(25-20)16-4-3-11-29-16)15-5-6-22-19(24-15)26-8-1-2-9-26/h3-6,11-12H,1-2,7-10,13H2,(H,21,28). The van der Waals surface area contributed by atoms with E-state index in [2.05, 4.69) is 20.2 Å². The van der Waals surface area contributed by atoms with E-state index in [1.165, 1.54) is 0 Å². The Morgan fingerprint density at radius 1 is 1.00 bits per heavy atom. The van der Waals surface area contributed by atoms with Crippen LogP contribution in [-0.4, -0.2) is 58.6 Å². The van der Waals surface area contributed by atoms with Gasteiger partial charge in [-0.2, -0.15) is 0 Å². The number of nitrogens with zero attached hydrogens (tertiary/aromatic N) is 6. The highest BCUT2D eigenvalue weighted by Gasteiger charge is 2.23. The van der Waals surface area contributed by atoms with Crippen molar-refractivity contribution < 1.29 is 9.21 Å². The van der Waals surface area contributed by atoms with Gasteiger partial charge in [-0.15, -0.1) is 0 Å². The number of furan rings is 1. The second-order valence-electron chi connectivity index (χ2n) is 7.12. The Balaban J connectivity index is 1.56. The topological polar surface area (TPSA) is 100 Å². The molecule has 1 amide bonds. The zero-order valence-corrected chi connectivity index (χ0v) is 15.9. The molecule has 2 aliphatic heterocycles. The van der Waals surface area contributed by atoms with Crippen molar-refractivity contribution >= 4 is 17.8 Å². The van der Waals surface area contributed by atoms with Crippen molar-refractivity contribution in [1.29, 1.82) is 0 Å². The predicted octanol–water partition coefficient (Wildman–Crippen LogP) is 1.73. The van der Waals surface area contributed by atoms with Crippen LogP contribution in [0.15, 0.2) is 41.3 Å². The summed E-state index contributed by atoms with van der Waals surface area (Å²) in [6.45, 7) is 3.42. The van der Waals surface area contributed by atoms with Crippen LogP contribution in [-0.2, 0) is 4.79 Å². The summed E-state index contributed by atoms with van der Waals surface area (Å²) >= 11 is 0. The molecule has 9 nitrogen and oxygen atoms in total. The van der Waals surface area contributed by atoms with Crippen molar-refractivity contribution in [2.75, 3.05) is 42.5 Å². The number of piperazine rings is 1. The van der Waals surface area contributed by atoms with E-state index >= 15 is 0 Å². The van der Waals surface area contributed by atoms with Crippen molar-refractivity contribution in [3.05, 3.63) is 36.9 Å². The van der Waals surface area contributed by atoms with Gasteiger partial charge in [0.25, 0.3) is 0 Å². The minimum absolute atomic E-state index is 0.0328. The van der Waals surface area contributed by atoms with Gasteiger partial charge in [0.2, 0.25) is 17.8 Å². The van der Waals surface area contributed by atoms with Gasteiger partial charge in [-0.3, -0.25) is 4.79 Å². The van der Waals surface area contributed by atoms with E-state index in [0.29, 0.717) is 30.5 Å². The summed E-state index contributed by atoms with van der Waals surface area (Å²) in [6, 6.07) is 5.55. The first-order valence-corrected chi connectivity index (χ1v) is 9.79. The molecular formula is C20H21N7O2. The van der Waals surface area contributed by atoms with Crippen LogP contribution in [0.5, 0.6) is 0 Å². The van der Waals surface area contributed by atoms with E-state index in [0.717, 1.165) is 43.1 Å². The maximum absolute atomic E-state index is 11.8. The Morgan fingerprint density at radius 3 is 2.66 bits per heavy atom. The largest absolute Gasteiger partial charge is 0.463 e. The van der Waals surface area contributed by atoms with Gasteiger partial charge in [-0.1, -0.05) is 0 Å². The van der Waals surface area contributed by atoms with Gasteiger partial charge in [0, 0.05) is 44.1 Å². The van der Waals surface area contributed by atoms with Gasteiger partial charge in [0.05, 0.1) is 18.5 Å². The van der Waals surface area contributed by atoms with E-state index in [1.807, 2.05) is 23.1 Å². The number of carbonyl (C=O) groups excluding carboxylic acids is 1. The minimum Gasteiger partial charge on any atom is -0.463 e. The molecular weight excluding hydrogens is 370 g/mol. The Bertz CT molecular complexity index is 1020. The molecule has 3 aromatic heterocycles. The van der Waals surface area contributed by atoms with Crippen molar-refractivity contribution in [2.45, 2.75) is 12.8 Å². The smallest absolute Gasteiger partial charge is 0.239 e. The van der Waals surface area contributed by atoms with Crippen LogP contribution >= 0.6 is 0 Å². The summed E-state index contributed by atoms with van der Waals surface area (Å²) in [5.41, 5.74) is 2.17. The highest BCUT2D eigenvalue weighted by molar-refractivity contribution is 5.82. The predicted molar refractivity (Wildman–Crippen MR) is 107 cm³/mol. The highest BCUT2D eigenvalue weighted by Crippen LogP contribution is 2.31. The van der Waals surface area contributed by atoms with Crippen LogP contribution in [0, 0.1) is 0 Å². The minimum atomic E-state index is -0.0328. The average Bonchev–Trinajstić information content (AvgIpc) is 3.48. The molecule has 0 unspecified atom stereocenters. The van der Waals surface area contributed by atoms with E-state index < -0.39 is 0 Å². The van der Waals surface area contributed by atoms with Gasteiger partial charge in [0.15, 0.2) is 5.76 Å². The summed E-state index contributed by atoms with van der Waals surface area (Å²) in [7, 11) is 0. The number of hydrogen-bond donors (Lipinski definition) is 1. The summed E-state index contributed by atoms with van der Waals surface area (Å²) in [4.78, 5) is 34.3. The molecule has 5 heterocycles. The summed E-state index contributed by atoms with van der Waals surface area (Å²) in [6.07, 6.45) is 7.46. The number of rotatable bonds is 4. The summed E-state index contributed by atoms with van der Waals surface area (Å²) in [5.74, 6) is 1.83. The van der Waals surface area contributed by atoms with Crippen LogP contribution in [0.4, 0.5) is 11.9 Å². The number of carbonyl (C=O) groups is 1. The lowest BCUT2D eigenvalue weighted by Crippen LogP contribution is -2.48. The Kier molecular flexibility index (Phi) is 4.55. The number of nitrogens with one attached hydrogen (secondary N) is 1. The van der Waals surface area contributed by atoms with Gasteiger partial charge < -0.3 is 19.5 Å². The molecule has 0 saturated carbocycles. The van der Waals surface area contributed by atoms with E-state index in [-0.39, 0.29) is 12.5 Å². The lowest BCUT2D eigenvalue weighted by atomic mass is 10.1. The van der Waals surface area contributed by atoms with Crippen molar-refractivity contribution in [3.63, 3.8) is 0 Å². The Morgan fingerprint density at radius 2 is 1.86 bits per heavy atom. The fourth-order valence-corrected chi connectivity index (χ4v) is 3.69. The zero-order valence-electron chi connectivity index (χ0n) is 15.9. The number of amides is 1. The molecule has 1 N–H and O–H groups in total. The molecule has 3 aromatic rings. The summed E-state index contributed by atoms with van der Waals surface area (Å²) in [5, 5.41) is 2.82. The first-order valence-electron chi connectivity index (χ1n) is 9.79. The van der Waals surface area contributed by atoms with E-state index in [9.17, 15) is 4.79 Å². The van der Waals surface area contributed by atoms with Crippen LogP contribution in [0.2, 0.25) is 0 Å². The molecule has 29 heavy (non-hydrogen) atoms.